The van der Waals surface area contributed by atoms with Gasteiger partial charge in [-0.15, -0.1) is 0 Å². The molecule has 8 nitrogen and oxygen atoms in total. The average molecular weight is 503 g/mol. The van der Waals surface area contributed by atoms with Crippen LogP contribution in [0.3, 0.4) is 0 Å². The van der Waals surface area contributed by atoms with Crippen LogP contribution in [0.5, 0.6) is 0 Å². The van der Waals surface area contributed by atoms with Crippen LogP contribution in [0, 0.1) is 17.7 Å². The van der Waals surface area contributed by atoms with Gasteiger partial charge in [-0.25, -0.2) is 19.3 Å². The SMILES string of the molecule is C[C@H]1CNCC[C@@H]1Nc1nc(-c2ccnc(Nc3nc(F)ccc3F)c2)nc2cncc(C3CCC3)c12. The molecule has 4 aromatic heterocycles. The third-order valence-electron chi connectivity index (χ3n) is 7.37. The van der Waals surface area contributed by atoms with E-state index in [1.165, 1.54) is 12.0 Å². The summed E-state index contributed by atoms with van der Waals surface area (Å²) in [5, 5.41) is 11.0. The van der Waals surface area contributed by atoms with E-state index in [9.17, 15) is 8.78 Å². The van der Waals surface area contributed by atoms with Crippen molar-refractivity contribution in [1.29, 1.82) is 0 Å². The molecule has 1 aliphatic carbocycles. The van der Waals surface area contributed by atoms with E-state index in [1.54, 1.807) is 24.5 Å². The van der Waals surface area contributed by atoms with Crippen molar-refractivity contribution < 1.29 is 8.78 Å². The van der Waals surface area contributed by atoms with E-state index in [0.29, 0.717) is 29.0 Å². The topological polar surface area (TPSA) is 101 Å². The Morgan fingerprint density at radius 2 is 1.89 bits per heavy atom. The van der Waals surface area contributed by atoms with E-state index in [0.717, 1.165) is 61.2 Å². The minimum absolute atomic E-state index is 0.235. The summed E-state index contributed by atoms with van der Waals surface area (Å²) in [6.07, 6.45) is 9.84. The lowest BCUT2D eigenvalue weighted by Crippen LogP contribution is -2.42. The molecule has 37 heavy (non-hydrogen) atoms. The second kappa shape index (κ2) is 9.93. The molecule has 0 spiro atoms. The maximum atomic E-state index is 14.1. The van der Waals surface area contributed by atoms with E-state index < -0.39 is 11.8 Å². The number of pyridine rings is 3. The Bertz CT molecular complexity index is 1440. The van der Waals surface area contributed by atoms with Gasteiger partial charge in [0.05, 0.1) is 11.7 Å². The molecule has 2 fully saturated rings. The third kappa shape index (κ3) is 4.81. The normalized spacial score (nSPS) is 20.0. The van der Waals surface area contributed by atoms with Crippen LogP contribution in [0.25, 0.3) is 22.3 Å². The molecule has 0 radical (unpaired) electrons. The molecule has 6 rings (SSSR count). The van der Waals surface area contributed by atoms with Crippen LogP contribution in [0.2, 0.25) is 0 Å². The number of anilines is 3. The van der Waals surface area contributed by atoms with E-state index in [-0.39, 0.29) is 11.9 Å². The fourth-order valence-corrected chi connectivity index (χ4v) is 5.04. The zero-order valence-electron chi connectivity index (χ0n) is 20.5. The first-order chi connectivity index (χ1) is 18.0. The Kier molecular flexibility index (Phi) is 6.33. The average Bonchev–Trinajstić information content (AvgIpc) is 2.87. The molecule has 0 amide bonds. The number of piperidine rings is 1. The quantitative estimate of drug-likeness (QED) is 0.310. The fraction of sp³-hybridized carbons (Fsp3) is 0.370. The minimum Gasteiger partial charge on any atom is -0.366 e. The van der Waals surface area contributed by atoms with E-state index in [2.05, 4.69) is 37.8 Å². The Morgan fingerprint density at radius 3 is 2.70 bits per heavy atom. The van der Waals surface area contributed by atoms with E-state index in [1.807, 2.05) is 6.20 Å². The van der Waals surface area contributed by atoms with Gasteiger partial charge in [0, 0.05) is 29.4 Å². The van der Waals surface area contributed by atoms with Crippen molar-refractivity contribution >= 4 is 28.4 Å². The van der Waals surface area contributed by atoms with E-state index >= 15 is 0 Å². The van der Waals surface area contributed by atoms with Gasteiger partial charge in [-0.3, -0.25) is 4.98 Å². The molecule has 0 unspecified atom stereocenters. The van der Waals surface area contributed by atoms with Crippen LogP contribution in [0.15, 0.2) is 42.9 Å². The molecule has 1 aliphatic heterocycles. The molecular weight excluding hydrogens is 474 g/mol. The zero-order valence-corrected chi connectivity index (χ0v) is 20.5. The molecule has 10 heteroatoms. The Hall–Kier alpha value is -3.79. The van der Waals surface area contributed by atoms with Crippen molar-refractivity contribution in [1.82, 2.24) is 30.2 Å². The van der Waals surface area contributed by atoms with Crippen LogP contribution in [-0.2, 0) is 0 Å². The highest BCUT2D eigenvalue weighted by molar-refractivity contribution is 5.93. The number of nitrogens with zero attached hydrogens (tertiary/aromatic N) is 5. The standard InChI is InChI=1S/C27H28F2N8/c1-15-12-30-9-8-20(15)33-27-24-18(16-3-2-4-16)13-31-14-21(24)34-25(37-27)17-7-10-32-23(11-17)36-26-19(28)5-6-22(29)35-26/h5-7,10-11,13-16,20,30H,2-4,8-9,12H2,1H3,(H,32,35,36)(H,33,34,37)/t15-,20-/m0/s1. The summed E-state index contributed by atoms with van der Waals surface area (Å²) in [7, 11) is 0. The third-order valence-corrected chi connectivity index (χ3v) is 7.37. The maximum Gasteiger partial charge on any atom is 0.214 e. The van der Waals surface area contributed by atoms with Crippen LogP contribution < -0.4 is 16.0 Å². The number of nitrogens with one attached hydrogen (secondary N) is 3. The van der Waals surface area contributed by atoms with E-state index in [4.69, 9.17) is 9.97 Å². The van der Waals surface area contributed by atoms with Crippen LogP contribution in [0.1, 0.15) is 44.1 Å². The maximum absolute atomic E-state index is 14.1. The lowest BCUT2D eigenvalue weighted by molar-refractivity contribution is 0.368. The Labute approximate surface area is 213 Å². The molecule has 1 saturated heterocycles. The number of hydrogen-bond donors (Lipinski definition) is 3. The summed E-state index contributed by atoms with van der Waals surface area (Å²) in [4.78, 5) is 22.2. The van der Waals surface area contributed by atoms with Crippen molar-refractivity contribution in [2.45, 2.75) is 44.6 Å². The Morgan fingerprint density at radius 1 is 1.00 bits per heavy atom. The molecule has 1 saturated carbocycles. The van der Waals surface area contributed by atoms with Crippen LogP contribution >= 0.6 is 0 Å². The van der Waals surface area contributed by atoms with Crippen LogP contribution in [-0.4, -0.2) is 44.1 Å². The van der Waals surface area contributed by atoms with Crippen molar-refractivity contribution in [3.05, 3.63) is 60.2 Å². The van der Waals surface area contributed by atoms with Gasteiger partial charge < -0.3 is 16.0 Å². The summed E-state index contributed by atoms with van der Waals surface area (Å²) < 4.78 is 27.7. The van der Waals surface area contributed by atoms with Gasteiger partial charge in [-0.1, -0.05) is 13.3 Å². The summed E-state index contributed by atoms with van der Waals surface area (Å²) in [6, 6.07) is 5.77. The highest BCUT2D eigenvalue weighted by Crippen LogP contribution is 2.41. The monoisotopic (exact) mass is 502 g/mol. The minimum atomic E-state index is -0.782. The largest absolute Gasteiger partial charge is 0.366 e. The lowest BCUT2D eigenvalue weighted by atomic mass is 9.79. The molecule has 0 bridgehead atoms. The first-order valence-corrected chi connectivity index (χ1v) is 12.7. The number of fused-ring (bicyclic) bond motifs is 1. The molecule has 5 heterocycles. The lowest BCUT2D eigenvalue weighted by Gasteiger charge is -2.32. The van der Waals surface area contributed by atoms with Gasteiger partial charge in [-0.2, -0.15) is 9.37 Å². The highest BCUT2D eigenvalue weighted by Gasteiger charge is 2.27. The van der Waals surface area contributed by atoms with Gasteiger partial charge in [0.25, 0.3) is 0 Å². The zero-order chi connectivity index (χ0) is 25.4. The van der Waals surface area contributed by atoms with Crippen LogP contribution in [0.4, 0.5) is 26.2 Å². The first kappa shape index (κ1) is 23.6. The Balaban J connectivity index is 1.41. The van der Waals surface area contributed by atoms with Crippen molar-refractivity contribution in [2.24, 2.45) is 5.92 Å². The summed E-state index contributed by atoms with van der Waals surface area (Å²) in [5.41, 5.74) is 2.67. The van der Waals surface area contributed by atoms with Crippen molar-refractivity contribution in [3.8, 4) is 11.4 Å². The summed E-state index contributed by atoms with van der Waals surface area (Å²) >= 11 is 0. The first-order valence-electron chi connectivity index (χ1n) is 12.7. The fourth-order valence-electron chi connectivity index (χ4n) is 5.04. The summed E-state index contributed by atoms with van der Waals surface area (Å²) in [5.74, 6) is 0.850. The predicted octanol–water partition coefficient (Wildman–Crippen LogP) is 5.18. The second-order valence-corrected chi connectivity index (χ2v) is 9.89. The molecule has 2 aliphatic rings. The molecule has 190 valence electrons. The molecular formula is C27H28F2N8. The molecule has 2 atom stereocenters. The molecule has 4 aromatic rings. The van der Waals surface area contributed by atoms with Crippen molar-refractivity contribution in [3.63, 3.8) is 0 Å². The summed E-state index contributed by atoms with van der Waals surface area (Å²) in [6.45, 7) is 4.15. The number of hydrogen-bond acceptors (Lipinski definition) is 8. The number of halogens is 2. The van der Waals surface area contributed by atoms with Gasteiger partial charge >= 0.3 is 0 Å². The smallest absolute Gasteiger partial charge is 0.214 e. The highest BCUT2D eigenvalue weighted by atomic mass is 19.1. The van der Waals surface area contributed by atoms with Crippen molar-refractivity contribution in [2.75, 3.05) is 23.7 Å². The molecule has 3 N–H and O–H groups in total. The second-order valence-electron chi connectivity index (χ2n) is 9.89. The van der Waals surface area contributed by atoms with Gasteiger partial charge in [0.2, 0.25) is 5.95 Å². The van der Waals surface area contributed by atoms with Gasteiger partial charge in [0.15, 0.2) is 17.5 Å². The molecule has 0 aromatic carbocycles. The number of rotatable bonds is 6. The van der Waals surface area contributed by atoms with Gasteiger partial charge in [-0.05, 0) is 74.0 Å². The number of aromatic nitrogens is 5. The van der Waals surface area contributed by atoms with Gasteiger partial charge in [0.1, 0.15) is 11.6 Å². The predicted molar refractivity (Wildman–Crippen MR) is 139 cm³/mol.